The first kappa shape index (κ1) is 21.2. The maximum absolute atomic E-state index is 12.8. The fourth-order valence-corrected chi connectivity index (χ4v) is 3.68. The molecule has 4 aromatic rings. The number of pyridine rings is 1. The molecule has 2 heterocycles. The van der Waals surface area contributed by atoms with E-state index in [1.165, 1.54) is 12.1 Å². The Bertz CT molecular complexity index is 1210. The molecule has 3 nitrogen and oxygen atoms in total. The normalized spacial score (nSPS) is 11.8. The molecule has 0 aliphatic carbocycles. The Balaban J connectivity index is 1.65. The Hall–Kier alpha value is -2.99. The zero-order valence-corrected chi connectivity index (χ0v) is 17.8. The predicted octanol–water partition coefficient (Wildman–Crippen LogP) is 6.95. The minimum absolute atomic E-state index is 0.154. The first-order chi connectivity index (χ1) is 14.7. The van der Waals surface area contributed by atoms with Gasteiger partial charge in [-0.15, -0.1) is 0 Å². The standard InChI is InChI=1S/C24H20ClF3N2O/c1-15-16(2)30(13-17-5-9-20(25)10-6-17)23-21(11-12-29-22(15)23)31-14-18-3-7-19(8-4-18)24(26,27)28/h3-12H,13-14H2,1-2H3. The van der Waals surface area contributed by atoms with E-state index in [2.05, 4.69) is 9.55 Å². The Morgan fingerprint density at radius 2 is 1.58 bits per heavy atom. The average Bonchev–Trinajstić information content (AvgIpc) is 2.99. The lowest BCUT2D eigenvalue weighted by Crippen LogP contribution is -2.06. The highest BCUT2D eigenvalue weighted by atomic mass is 35.5. The molecular weight excluding hydrogens is 425 g/mol. The molecule has 4 rings (SSSR count). The highest BCUT2D eigenvalue weighted by molar-refractivity contribution is 6.30. The van der Waals surface area contributed by atoms with E-state index in [4.69, 9.17) is 16.3 Å². The van der Waals surface area contributed by atoms with E-state index in [0.717, 1.165) is 40.0 Å². The average molecular weight is 445 g/mol. The van der Waals surface area contributed by atoms with Gasteiger partial charge in [0.2, 0.25) is 0 Å². The molecule has 2 aromatic heterocycles. The lowest BCUT2D eigenvalue weighted by Gasteiger charge is -2.13. The summed E-state index contributed by atoms with van der Waals surface area (Å²) in [4.78, 5) is 4.53. The second-order valence-corrected chi connectivity index (χ2v) is 7.85. The molecule has 31 heavy (non-hydrogen) atoms. The maximum Gasteiger partial charge on any atom is 0.416 e. The number of hydrogen-bond acceptors (Lipinski definition) is 2. The van der Waals surface area contributed by atoms with Crippen molar-refractivity contribution in [3.8, 4) is 5.75 Å². The molecule has 0 N–H and O–H groups in total. The van der Waals surface area contributed by atoms with Gasteiger partial charge in [0.05, 0.1) is 11.1 Å². The molecule has 0 bridgehead atoms. The molecule has 7 heteroatoms. The zero-order valence-electron chi connectivity index (χ0n) is 17.0. The van der Waals surface area contributed by atoms with E-state index < -0.39 is 11.7 Å². The third kappa shape index (κ3) is 4.39. The van der Waals surface area contributed by atoms with Gasteiger partial charge in [-0.3, -0.25) is 4.98 Å². The second kappa shape index (κ2) is 8.27. The van der Waals surface area contributed by atoms with Crippen molar-refractivity contribution in [1.29, 1.82) is 0 Å². The minimum atomic E-state index is -4.35. The van der Waals surface area contributed by atoms with Crippen LogP contribution in [0.4, 0.5) is 13.2 Å². The van der Waals surface area contributed by atoms with Gasteiger partial charge in [-0.1, -0.05) is 35.9 Å². The number of ether oxygens (including phenoxy) is 1. The summed E-state index contributed by atoms with van der Waals surface area (Å²) in [6, 6.07) is 14.4. The molecule has 0 aliphatic rings. The lowest BCUT2D eigenvalue weighted by molar-refractivity contribution is -0.137. The van der Waals surface area contributed by atoms with Crippen LogP contribution in [0.1, 0.15) is 27.9 Å². The van der Waals surface area contributed by atoms with Crippen LogP contribution >= 0.6 is 11.6 Å². The van der Waals surface area contributed by atoms with Gasteiger partial charge >= 0.3 is 6.18 Å². The van der Waals surface area contributed by atoms with E-state index in [1.54, 1.807) is 12.3 Å². The highest BCUT2D eigenvalue weighted by Crippen LogP contribution is 2.33. The summed E-state index contributed by atoms with van der Waals surface area (Å²) in [5.41, 5.74) is 4.90. The number of halogens is 4. The van der Waals surface area contributed by atoms with Crippen LogP contribution in [0.3, 0.4) is 0 Å². The summed E-state index contributed by atoms with van der Waals surface area (Å²) < 4.78 is 46.5. The van der Waals surface area contributed by atoms with E-state index in [1.807, 2.05) is 38.1 Å². The molecule has 0 radical (unpaired) electrons. The fourth-order valence-electron chi connectivity index (χ4n) is 3.55. The Kier molecular flexibility index (Phi) is 5.67. The Morgan fingerprint density at radius 3 is 2.23 bits per heavy atom. The Labute approximate surface area is 183 Å². The number of alkyl halides is 3. The molecule has 0 saturated heterocycles. The number of hydrogen-bond donors (Lipinski definition) is 0. The summed E-state index contributed by atoms with van der Waals surface area (Å²) >= 11 is 6.01. The molecule has 0 amide bonds. The predicted molar refractivity (Wildman–Crippen MR) is 116 cm³/mol. The SMILES string of the molecule is Cc1c(C)n(Cc2ccc(Cl)cc2)c2c(OCc3ccc(C(F)(F)F)cc3)ccnc12. The topological polar surface area (TPSA) is 27.1 Å². The van der Waals surface area contributed by atoms with Crippen molar-refractivity contribution in [3.63, 3.8) is 0 Å². The van der Waals surface area contributed by atoms with E-state index in [0.29, 0.717) is 22.9 Å². The largest absolute Gasteiger partial charge is 0.487 e. The van der Waals surface area contributed by atoms with Gasteiger partial charge < -0.3 is 9.30 Å². The molecule has 160 valence electrons. The van der Waals surface area contributed by atoms with Crippen LogP contribution < -0.4 is 4.74 Å². The molecule has 2 aromatic carbocycles. The van der Waals surface area contributed by atoms with Crippen molar-refractivity contribution >= 4 is 22.6 Å². The van der Waals surface area contributed by atoms with Crippen LogP contribution in [0.15, 0.2) is 60.8 Å². The number of benzene rings is 2. The molecule has 0 atom stereocenters. The van der Waals surface area contributed by atoms with Crippen molar-refractivity contribution in [2.45, 2.75) is 33.2 Å². The summed E-state index contributed by atoms with van der Waals surface area (Å²) in [7, 11) is 0. The highest BCUT2D eigenvalue weighted by Gasteiger charge is 2.29. The maximum atomic E-state index is 12.8. The molecule has 0 aliphatic heterocycles. The molecular formula is C24H20ClF3N2O. The van der Waals surface area contributed by atoms with Gasteiger partial charge in [0, 0.05) is 29.5 Å². The number of aryl methyl sites for hydroxylation is 1. The van der Waals surface area contributed by atoms with Crippen LogP contribution in [0, 0.1) is 13.8 Å². The lowest BCUT2D eigenvalue weighted by atomic mass is 10.1. The van der Waals surface area contributed by atoms with Gasteiger partial charge in [-0.05, 0) is 54.8 Å². The number of nitrogens with zero attached hydrogens (tertiary/aromatic N) is 2. The number of rotatable bonds is 5. The second-order valence-electron chi connectivity index (χ2n) is 7.41. The third-order valence-electron chi connectivity index (χ3n) is 5.39. The van der Waals surface area contributed by atoms with Crippen molar-refractivity contribution in [3.05, 3.63) is 93.8 Å². The minimum Gasteiger partial charge on any atom is -0.487 e. The zero-order chi connectivity index (χ0) is 22.2. The van der Waals surface area contributed by atoms with Crippen molar-refractivity contribution in [1.82, 2.24) is 9.55 Å². The summed E-state index contributed by atoms with van der Waals surface area (Å²) in [6.45, 7) is 4.83. The van der Waals surface area contributed by atoms with Crippen molar-refractivity contribution in [2.75, 3.05) is 0 Å². The van der Waals surface area contributed by atoms with Gasteiger partial charge in [-0.2, -0.15) is 13.2 Å². The van der Waals surface area contributed by atoms with E-state index in [9.17, 15) is 13.2 Å². The fraction of sp³-hybridized carbons (Fsp3) is 0.208. The molecule has 0 spiro atoms. The summed E-state index contributed by atoms with van der Waals surface area (Å²) in [5.74, 6) is 0.634. The Morgan fingerprint density at radius 1 is 0.935 bits per heavy atom. The van der Waals surface area contributed by atoms with Crippen LogP contribution in [-0.4, -0.2) is 9.55 Å². The number of aromatic nitrogens is 2. The molecule has 0 saturated carbocycles. The van der Waals surface area contributed by atoms with E-state index >= 15 is 0 Å². The smallest absolute Gasteiger partial charge is 0.416 e. The van der Waals surface area contributed by atoms with Gasteiger partial charge in [0.25, 0.3) is 0 Å². The van der Waals surface area contributed by atoms with Crippen molar-refractivity contribution < 1.29 is 17.9 Å². The number of fused-ring (bicyclic) bond motifs is 1. The van der Waals surface area contributed by atoms with Gasteiger partial charge in [-0.25, -0.2) is 0 Å². The first-order valence-corrected chi connectivity index (χ1v) is 10.1. The molecule has 0 fully saturated rings. The monoisotopic (exact) mass is 444 g/mol. The van der Waals surface area contributed by atoms with Crippen molar-refractivity contribution in [2.24, 2.45) is 0 Å². The summed E-state index contributed by atoms with van der Waals surface area (Å²) in [5, 5.41) is 0.677. The van der Waals surface area contributed by atoms with Crippen LogP contribution in [0.25, 0.3) is 11.0 Å². The van der Waals surface area contributed by atoms with Gasteiger partial charge in [0.1, 0.15) is 17.9 Å². The van der Waals surface area contributed by atoms with Crippen LogP contribution in [-0.2, 0) is 19.3 Å². The van der Waals surface area contributed by atoms with Gasteiger partial charge in [0.15, 0.2) is 0 Å². The van der Waals surface area contributed by atoms with Crippen LogP contribution in [0.2, 0.25) is 5.02 Å². The van der Waals surface area contributed by atoms with E-state index in [-0.39, 0.29) is 6.61 Å². The summed E-state index contributed by atoms with van der Waals surface area (Å²) in [6.07, 6.45) is -2.67. The quantitative estimate of drug-likeness (QED) is 0.333. The third-order valence-corrected chi connectivity index (χ3v) is 5.64. The van der Waals surface area contributed by atoms with Crippen LogP contribution in [0.5, 0.6) is 5.75 Å². The first-order valence-electron chi connectivity index (χ1n) is 9.72. The molecule has 0 unspecified atom stereocenters.